The van der Waals surface area contributed by atoms with E-state index in [1.807, 2.05) is 27.7 Å². The normalized spacial score (nSPS) is 11.2. The van der Waals surface area contributed by atoms with Gasteiger partial charge in [-0.3, -0.25) is 4.79 Å². The van der Waals surface area contributed by atoms with Gasteiger partial charge in [-0.2, -0.15) is 4.37 Å². The topological polar surface area (TPSA) is 66.9 Å². The maximum Gasteiger partial charge on any atom is 0.222 e. The second-order valence-corrected chi connectivity index (χ2v) is 5.37. The Bertz CT molecular complexity index is 356. The van der Waals surface area contributed by atoms with Gasteiger partial charge >= 0.3 is 0 Å². The second kappa shape index (κ2) is 5.25. The lowest BCUT2D eigenvalue weighted by molar-refractivity contribution is -0.122. The molecule has 0 aliphatic heterocycles. The van der Waals surface area contributed by atoms with Gasteiger partial charge in [-0.15, -0.1) is 0 Å². The molecule has 0 saturated heterocycles. The molecular weight excluding hydrogens is 224 g/mol. The number of amides is 1. The quantitative estimate of drug-likeness (QED) is 0.841. The molecule has 6 heteroatoms. The van der Waals surface area contributed by atoms with Crippen molar-refractivity contribution in [2.24, 2.45) is 0 Å². The van der Waals surface area contributed by atoms with Gasteiger partial charge in [0.15, 0.2) is 0 Å². The molecule has 0 aromatic carbocycles. The summed E-state index contributed by atoms with van der Waals surface area (Å²) < 4.78 is 4.04. The molecule has 1 heterocycles. The lowest BCUT2D eigenvalue weighted by atomic mass is 10.1. The van der Waals surface area contributed by atoms with E-state index in [4.69, 9.17) is 0 Å². The third kappa shape index (κ3) is 5.06. The minimum atomic E-state index is -0.170. The molecule has 0 unspecified atom stereocenters. The van der Waals surface area contributed by atoms with Crippen molar-refractivity contribution in [3.8, 4) is 0 Å². The van der Waals surface area contributed by atoms with Crippen molar-refractivity contribution in [1.82, 2.24) is 14.7 Å². The number of anilines is 1. The van der Waals surface area contributed by atoms with Gasteiger partial charge in [-0.25, -0.2) is 4.98 Å². The van der Waals surface area contributed by atoms with Crippen molar-refractivity contribution in [2.45, 2.75) is 39.7 Å². The first-order valence-electron chi connectivity index (χ1n) is 5.22. The average molecular weight is 242 g/mol. The molecule has 90 valence electrons. The lowest BCUT2D eigenvalue weighted by Crippen LogP contribution is -2.41. The average Bonchev–Trinajstić information content (AvgIpc) is 2.48. The highest BCUT2D eigenvalue weighted by Crippen LogP contribution is 2.09. The van der Waals surface area contributed by atoms with Crippen molar-refractivity contribution in [1.29, 1.82) is 0 Å². The number of hydrogen-bond acceptors (Lipinski definition) is 5. The summed E-state index contributed by atoms with van der Waals surface area (Å²) in [7, 11) is 0. The fourth-order valence-electron chi connectivity index (χ4n) is 1.13. The number of nitrogens with one attached hydrogen (secondary N) is 2. The minimum Gasteiger partial charge on any atom is -0.360 e. The van der Waals surface area contributed by atoms with Crippen LogP contribution in [-0.2, 0) is 4.79 Å². The highest BCUT2D eigenvalue weighted by molar-refractivity contribution is 7.09. The Morgan fingerprint density at radius 1 is 1.44 bits per heavy atom. The van der Waals surface area contributed by atoms with Crippen LogP contribution in [0.15, 0.2) is 0 Å². The lowest BCUT2D eigenvalue weighted by Gasteiger charge is -2.20. The Morgan fingerprint density at radius 2 is 2.12 bits per heavy atom. The predicted octanol–water partition coefficient (Wildman–Crippen LogP) is 1.56. The Kier molecular flexibility index (Phi) is 4.23. The zero-order valence-corrected chi connectivity index (χ0v) is 10.9. The van der Waals surface area contributed by atoms with Crippen LogP contribution in [0.1, 0.15) is 33.0 Å². The van der Waals surface area contributed by atoms with Crippen molar-refractivity contribution < 1.29 is 4.79 Å². The zero-order chi connectivity index (χ0) is 12.2. The molecule has 5 nitrogen and oxygen atoms in total. The summed E-state index contributed by atoms with van der Waals surface area (Å²) in [5.41, 5.74) is -0.170. The van der Waals surface area contributed by atoms with Crippen LogP contribution in [0.5, 0.6) is 0 Å². The van der Waals surface area contributed by atoms with Crippen molar-refractivity contribution in [2.75, 3.05) is 11.9 Å². The third-order valence-corrected chi connectivity index (χ3v) is 2.43. The van der Waals surface area contributed by atoms with E-state index >= 15 is 0 Å². The predicted molar refractivity (Wildman–Crippen MR) is 65.6 cm³/mol. The zero-order valence-electron chi connectivity index (χ0n) is 10.1. The summed E-state index contributed by atoms with van der Waals surface area (Å²) >= 11 is 1.31. The van der Waals surface area contributed by atoms with E-state index in [1.54, 1.807) is 0 Å². The number of aryl methyl sites for hydroxylation is 1. The van der Waals surface area contributed by atoms with Crippen molar-refractivity contribution in [3.63, 3.8) is 0 Å². The van der Waals surface area contributed by atoms with E-state index in [2.05, 4.69) is 20.0 Å². The smallest absolute Gasteiger partial charge is 0.222 e. The summed E-state index contributed by atoms with van der Waals surface area (Å²) in [4.78, 5) is 15.6. The first kappa shape index (κ1) is 12.9. The SMILES string of the molecule is Cc1nsc(NCCC(=O)NC(C)(C)C)n1. The molecule has 1 rings (SSSR count). The summed E-state index contributed by atoms with van der Waals surface area (Å²) in [6, 6.07) is 0. The Hall–Kier alpha value is -1.17. The molecule has 0 bridgehead atoms. The largest absolute Gasteiger partial charge is 0.360 e. The Labute approximate surface area is 99.8 Å². The van der Waals surface area contributed by atoms with Gasteiger partial charge in [0.1, 0.15) is 5.82 Å². The summed E-state index contributed by atoms with van der Waals surface area (Å²) in [6.45, 7) is 8.32. The van der Waals surface area contributed by atoms with Crippen molar-refractivity contribution in [3.05, 3.63) is 5.82 Å². The highest BCUT2D eigenvalue weighted by Gasteiger charge is 2.13. The summed E-state index contributed by atoms with van der Waals surface area (Å²) in [6.07, 6.45) is 0.440. The van der Waals surface area contributed by atoms with Crippen LogP contribution in [0.3, 0.4) is 0 Å². The van der Waals surface area contributed by atoms with Gasteiger partial charge in [0.2, 0.25) is 11.0 Å². The van der Waals surface area contributed by atoms with Gasteiger partial charge in [-0.1, -0.05) is 0 Å². The van der Waals surface area contributed by atoms with Gasteiger partial charge in [0.05, 0.1) is 0 Å². The van der Waals surface area contributed by atoms with Crippen molar-refractivity contribution >= 4 is 22.6 Å². The first-order valence-corrected chi connectivity index (χ1v) is 5.99. The molecule has 1 aromatic heterocycles. The Balaban J connectivity index is 2.23. The number of carbonyl (C=O) groups is 1. The fourth-order valence-corrected chi connectivity index (χ4v) is 1.73. The molecule has 0 aliphatic rings. The van der Waals surface area contributed by atoms with Gasteiger partial charge in [-0.05, 0) is 27.7 Å². The van der Waals surface area contributed by atoms with Crippen LogP contribution in [-0.4, -0.2) is 27.3 Å². The maximum atomic E-state index is 11.5. The molecule has 0 radical (unpaired) electrons. The molecule has 0 atom stereocenters. The number of rotatable bonds is 4. The number of aromatic nitrogens is 2. The molecule has 0 aliphatic carbocycles. The number of carbonyl (C=O) groups excluding carboxylic acids is 1. The van der Waals surface area contributed by atoms with E-state index in [9.17, 15) is 4.79 Å². The van der Waals surface area contributed by atoms with Crippen LogP contribution in [0, 0.1) is 6.92 Å². The van der Waals surface area contributed by atoms with Crippen LogP contribution < -0.4 is 10.6 Å². The standard InChI is InChI=1S/C10H18N4OS/c1-7-12-9(16-14-7)11-6-5-8(15)13-10(2,3)4/h5-6H2,1-4H3,(H,13,15)(H,11,12,14). The number of hydrogen-bond donors (Lipinski definition) is 2. The molecule has 0 fully saturated rings. The van der Waals surface area contributed by atoms with Gasteiger partial charge in [0.25, 0.3) is 0 Å². The monoisotopic (exact) mass is 242 g/mol. The summed E-state index contributed by atoms with van der Waals surface area (Å²) in [5.74, 6) is 0.799. The second-order valence-electron chi connectivity index (χ2n) is 4.62. The molecule has 1 amide bonds. The molecule has 16 heavy (non-hydrogen) atoms. The molecule has 0 saturated carbocycles. The van der Waals surface area contributed by atoms with Crippen LogP contribution in [0.4, 0.5) is 5.13 Å². The Morgan fingerprint density at radius 3 is 2.62 bits per heavy atom. The maximum absolute atomic E-state index is 11.5. The molecule has 2 N–H and O–H groups in total. The highest BCUT2D eigenvalue weighted by atomic mass is 32.1. The molecule has 0 spiro atoms. The van der Waals surface area contributed by atoms with E-state index in [1.165, 1.54) is 11.5 Å². The van der Waals surface area contributed by atoms with Crippen LogP contribution in [0.25, 0.3) is 0 Å². The van der Waals surface area contributed by atoms with E-state index in [0.29, 0.717) is 13.0 Å². The van der Waals surface area contributed by atoms with E-state index in [-0.39, 0.29) is 11.4 Å². The molecule has 1 aromatic rings. The van der Waals surface area contributed by atoms with Crippen LogP contribution >= 0.6 is 11.5 Å². The van der Waals surface area contributed by atoms with E-state index < -0.39 is 0 Å². The fraction of sp³-hybridized carbons (Fsp3) is 0.700. The molecular formula is C10H18N4OS. The van der Waals surface area contributed by atoms with Crippen LogP contribution in [0.2, 0.25) is 0 Å². The van der Waals surface area contributed by atoms with Gasteiger partial charge in [0, 0.05) is 30.0 Å². The van der Waals surface area contributed by atoms with Gasteiger partial charge < -0.3 is 10.6 Å². The third-order valence-electron chi connectivity index (χ3n) is 1.67. The first-order chi connectivity index (χ1) is 7.37. The minimum absolute atomic E-state index is 0.0428. The number of nitrogens with zero attached hydrogens (tertiary/aromatic N) is 2. The van der Waals surface area contributed by atoms with E-state index in [0.717, 1.165) is 11.0 Å². The summed E-state index contributed by atoms with van der Waals surface area (Å²) in [5, 5.41) is 6.73.